The molecule has 7 heteroatoms. The van der Waals surface area contributed by atoms with Crippen molar-refractivity contribution in [2.24, 2.45) is 0 Å². The van der Waals surface area contributed by atoms with Gasteiger partial charge in [-0.25, -0.2) is 0 Å². The van der Waals surface area contributed by atoms with E-state index in [1.54, 1.807) is 31.2 Å². The van der Waals surface area contributed by atoms with Crippen molar-refractivity contribution in [2.75, 3.05) is 6.61 Å². The zero-order valence-electron chi connectivity index (χ0n) is 11.3. The molecule has 2 rings (SSSR count). The van der Waals surface area contributed by atoms with E-state index >= 15 is 0 Å². The summed E-state index contributed by atoms with van der Waals surface area (Å²) in [5, 5.41) is 8.84. The summed E-state index contributed by atoms with van der Waals surface area (Å²) < 4.78 is 5.05. The number of aromatic hydroxyl groups is 1. The summed E-state index contributed by atoms with van der Waals surface area (Å²) >= 11 is 1.02. The number of thioether (sulfide) groups is 1. The summed E-state index contributed by atoms with van der Waals surface area (Å²) in [6.45, 7) is 1.98. The van der Waals surface area contributed by atoms with Gasteiger partial charge in [-0.05, 0) is 12.5 Å². The molecule has 0 bridgehead atoms. The summed E-state index contributed by atoms with van der Waals surface area (Å²) in [5.41, 5.74) is 0.243. The number of ether oxygens (including phenoxy) is 1. The minimum Gasteiger partial charge on any atom is -0.493 e. The Morgan fingerprint density at radius 2 is 2.14 bits per heavy atom. The number of hydrogen-bond acceptors (Lipinski definition) is 6. The van der Waals surface area contributed by atoms with E-state index in [1.807, 2.05) is 6.07 Å². The summed E-state index contributed by atoms with van der Waals surface area (Å²) in [6.07, 6.45) is 0. The lowest BCUT2D eigenvalue weighted by Crippen LogP contribution is -2.15. The Kier molecular flexibility index (Phi) is 4.99. The number of benzene rings is 1. The molecular weight excluding hydrogens is 292 g/mol. The number of aromatic amines is 1. The van der Waals surface area contributed by atoms with Crippen molar-refractivity contribution in [1.29, 1.82) is 0 Å². The van der Waals surface area contributed by atoms with E-state index < -0.39 is 22.7 Å². The molecule has 2 aromatic rings. The van der Waals surface area contributed by atoms with Gasteiger partial charge in [-0.2, -0.15) is 4.98 Å². The second-order valence-corrected chi connectivity index (χ2v) is 5.16. The third-order valence-corrected chi connectivity index (χ3v) is 3.66. The topological polar surface area (TPSA) is 92.3 Å². The molecule has 1 heterocycles. The average Bonchev–Trinajstić information content (AvgIpc) is 2.45. The van der Waals surface area contributed by atoms with Gasteiger partial charge in [0.1, 0.15) is 5.25 Å². The molecule has 1 atom stereocenters. The largest absolute Gasteiger partial charge is 0.493 e. The van der Waals surface area contributed by atoms with Crippen LogP contribution in [0.1, 0.15) is 17.7 Å². The third kappa shape index (κ3) is 4.09. The van der Waals surface area contributed by atoms with Crippen molar-refractivity contribution in [3.8, 4) is 5.88 Å². The van der Waals surface area contributed by atoms with E-state index in [0.717, 1.165) is 23.4 Å². The van der Waals surface area contributed by atoms with Crippen LogP contribution in [0.3, 0.4) is 0 Å². The maximum Gasteiger partial charge on any atom is 0.324 e. The predicted octanol–water partition coefficient (Wildman–Crippen LogP) is 1.87. The lowest BCUT2D eigenvalue weighted by Gasteiger charge is -2.14. The SMILES string of the molecule is CCOC(=O)C(Sc1nc(O)cc(=O)[nH]1)c1ccccc1. The van der Waals surface area contributed by atoms with Gasteiger partial charge in [-0.3, -0.25) is 9.59 Å². The molecule has 6 nitrogen and oxygen atoms in total. The van der Waals surface area contributed by atoms with E-state index in [2.05, 4.69) is 9.97 Å². The smallest absolute Gasteiger partial charge is 0.324 e. The van der Waals surface area contributed by atoms with Crippen molar-refractivity contribution in [1.82, 2.24) is 9.97 Å². The van der Waals surface area contributed by atoms with Gasteiger partial charge >= 0.3 is 5.97 Å². The third-order valence-electron chi connectivity index (χ3n) is 2.54. The standard InChI is InChI=1S/C14H14N2O4S/c1-2-20-13(19)12(9-6-4-3-5-7-9)21-14-15-10(17)8-11(18)16-14/h3-8,12H,2H2,1H3,(H2,15,16,17,18). The van der Waals surface area contributed by atoms with Crippen LogP contribution in [0.25, 0.3) is 0 Å². The Bertz CT molecular complexity index is 672. The van der Waals surface area contributed by atoms with Crippen LogP contribution in [-0.4, -0.2) is 27.7 Å². The number of aromatic nitrogens is 2. The quantitative estimate of drug-likeness (QED) is 0.498. The van der Waals surface area contributed by atoms with Crippen molar-refractivity contribution < 1.29 is 14.6 Å². The number of carbonyl (C=O) groups excluding carboxylic acids is 1. The van der Waals surface area contributed by atoms with Gasteiger partial charge in [0, 0.05) is 0 Å². The van der Waals surface area contributed by atoms with Crippen LogP contribution < -0.4 is 5.56 Å². The van der Waals surface area contributed by atoms with Crippen LogP contribution in [0, 0.1) is 0 Å². The molecule has 2 N–H and O–H groups in total. The fourth-order valence-electron chi connectivity index (χ4n) is 1.69. The molecule has 21 heavy (non-hydrogen) atoms. The molecule has 0 spiro atoms. The zero-order valence-corrected chi connectivity index (χ0v) is 12.1. The fraction of sp³-hybridized carbons (Fsp3) is 0.214. The molecule has 0 radical (unpaired) electrons. The molecule has 0 amide bonds. The Labute approximate surface area is 125 Å². The van der Waals surface area contributed by atoms with E-state index in [9.17, 15) is 14.7 Å². The number of H-pyrrole nitrogens is 1. The van der Waals surface area contributed by atoms with Crippen LogP contribution in [0.5, 0.6) is 5.88 Å². The first-order valence-corrected chi connectivity index (χ1v) is 7.16. The molecular formula is C14H14N2O4S. The van der Waals surface area contributed by atoms with Crippen LogP contribution in [0.4, 0.5) is 0 Å². The van der Waals surface area contributed by atoms with Gasteiger partial charge in [-0.1, -0.05) is 42.1 Å². The number of hydrogen-bond donors (Lipinski definition) is 2. The Morgan fingerprint density at radius 1 is 1.43 bits per heavy atom. The van der Waals surface area contributed by atoms with Gasteiger partial charge in [0.15, 0.2) is 5.16 Å². The van der Waals surface area contributed by atoms with Crippen molar-refractivity contribution in [2.45, 2.75) is 17.3 Å². The lowest BCUT2D eigenvalue weighted by atomic mass is 10.1. The van der Waals surface area contributed by atoms with Crippen LogP contribution in [-0.2, 0) is 9.53 Å². The summed E-state index contributed by atoms with van der Waals surface area (Å²) in [6, 6.07) is 9.99. The maximum absolute atomic E-state index is 12.1. The molecule has 110 valence electrons. The summed E-state index contributed by atoms with van der Waals surface area (Å²) in [5.74, 6) is -0.823. The molecule has 0 aliphatic carbocycles. The molecule has 0 saturated heterocycles. The van der Waals surface area contributed by atoms with Crippen molar-refractivity contribution in [3.63, 3.8) is 0 Å². The number of nitrogens with zero attached hydrogens (tertiary/aromatic N) is 1. The first kappa shape index (κ1) is 15.1. The summed E-state index contributed by atoms with van der Waals surface area (Å²) in [7, 11) is 0. The minimum atomic E-state index is -0.670. The number of rotatable bonds is 5. The molecule has 1 aromatic heterocycles. The van der Waals surface area contributed by atoms with Crippen LogP contribution in [0.2, 0.25) is 0 Å². The normalized spacial score (nSPS) is 11.9. The molecule has 0 fully saturated rings. The zero-order chi connectivity index (χ0) is 15.2. The fourth-order valence-corrected chi connectivity index (χ4v) is 2.67. The van der Waals surface area contributed by atoms with Crippen molar-refractivity contribution in [3.05, 3.63) is 52.3 Å². The van der Waals surface area contributed by atoms with Gasteiger partial charge < -0.3 is 14.8 Å². The van der Waals surface area contributed by atoms with Crippen LogP contribution >= 0.6 is 11.8 Å². The lowest BCUT2D eigenvalue weighted by molar-refractivity contribution is -0.142. The highest BCUT2D eigenvalue weighted by atomic mass is 32.2. The maximum atomic E-state index is 12.1. The molecule has 1 unspecified atom stereocenters. The number of nitrogens with one attached hydrogen (secondary N) is 1. The highest BCUT2D eigenvalue weighted by molar-refractivity contribution is 8.00. The minimum absolute atomic E-state index is 0.155. The Balaban J connectivity index is 2.32. The Morgan fingerprint density at radius 3 is 2.76 bits per heavy atom. The van der Waals surface area contributed by atoms with E-state index in [1.165, 1.54) is 0 Å². The monoisotopic (exact) mass is 306 g/mol. The number of carbonyl (C=O) groups is 1. The van der Waals surface area contributed by atoms with E-state index in [0.29, 0.717) is 0 Å². The van der Waals surface area contributed by atoms with Crippen molar-refractivity contribution >= 4 is 17.7 Å². The second-order valence-electron chi connectivity index (χ2n) is 4.07. The molecule has 0 saturated carbocycles. The highest BCUT2D eigenvalue weighted by Gasteiger charge is 2.24. The second kappa shape index (κ2) is 6.94. The number of esters is 1. The van der Waals surface area contributed by atoms with Gasteiger partial charge in [-0.15, -0.1) is 0 Å². The predicted molar refractivity (Wildman–Crippen MR) is 78.2 cm³/mol. The van der Waals surface area contributed by atoms with E-state index in [-0.39, 0.29) is 11.8 Å². The molecule has 0 aliphatic rings. The van der Waals surface area contributed by atoms with Gasteiger partial charge in [0.25, 0.3) is 5.56 Å². The average molecular weight is 306 g/mol. The van der Waals surface area contributed by atoms with E-state index in [4.69, 9.17) is 4.74 Å². The summed E-state index contributed by atoms with van der Waals surface area (Å²) in [4.78, 5) is 29.7. The molecule has 0 aliphatic heterocycles. The Hall–Kier alpha value is -2.28. The van der Waals surface area contributed by atoms with Gasteiger partial charge in [0.2, 0.25) is 5.88 Å². The first-order chi connectivity index (χ1) is 10.1. The van der Waals surface area contributed by atoms with Crippen LogP contribution in [0.15, 0.2) is 46.3 Å². The molecule has 1 aromatic carbocycles. The highest BCUT2D eigenvalue weighted by Crippen LogP contribution is 2.34. The van der Waals surface area contributed by atoms with Gasteiger partial charge in [0.05, 0.1) is 12.7 Å². The first-order valence-electron chi connectivity index (χ1n) is 6.28.